The van der Waals surface area contributed by atoms with Crippen LogP contribution in [0.4, 0.5) is 0 Å². The lowest BCUT2D eigenvalue weighted by Gasteiger charge is -2.08. The van der Waals surface area contributed by atoms with Gasteiger partial charge < -0.3 is 9.64 Å². The van der Waals surface area contributed by atoms with Gasteiger partial charge in [0.25, 0.3) is 0 Å². The maximum atomic E-state index is 10.6. The van der Waals surface area contributed by atoms with Crippen molar-refractivity contribution in [2.24, 2.45) is 0 Å². The molecule has 0 fully saturated rings. The molecule has 0 saturated heterocycles. The Labute approximate surface area is 75.7 Å². The smallest absolute Gasteiger partial charge is 0.305 e. The summed E-state index contributed by atoms with van der Waals surface area (Å²) in [5.41, 5.74) is 0. The van der Waals surface area contributed by atoms with Gasteiger partial charge in [-0.25, -0.2) is 0 Å². The van der Waals surface area contributed by atoms with Crippen molar-refractivity contribution in [3.8, 4) is 0 Å². The highest BCUT2D eigenvalue weighted by Crippen LogP contribution is 1.84. The van der Waals surface area contributed by atoms with Crippen molar-refractivity contribution in [3.63, 3.8) is 0 Å². The summed E-state index contributed by atoms with van der Waals surface area (Å²) in [6.07, 6.45) is 0.466. The fraction of sp³-hybridized carbons (Fsp3) is 0.889. The molecule has 0 bridgehead atoms. The van der Waals surface area contributed by atoms with Crippen molar-refractivity contribution >= 4 is 5.97 Å². The van der Waals surface area contributed by atoms with Gasteiger partial charge in [0.2, 0.25) is 0 Å². The van der Waals surface area contributed by atoms with Crippen LogP contribution < -0.4 is 0 Å². The number of esters is 1. The zero-order valence-electron chi connectivity index (χ0n) is 8.89. The van der Waals surface area contributed by atoms with Crippen molar-refractivity contribution in [2.45, 2.75) is 27.2 Å². The monoisotopic (exact) mass is 175 g/mol. The van der Waals surface area contributed by atoms with E-state index < -0.39 is 0 Å². The van der Waals surface area contributed by atoms with Gasteiger partial charge in [-0.2, -0.15) is 0 Å². The molecular weight excluding hydrogens is 154 g/mol. The molecule has 0 aromatic carbocycles. The first-order valence-electron chi connectivity index (χ1n) is 4.47. The molecule has 0 aliphatic rings. The summed E-state index contributed by atoms with van der Waals surface area (Å²) in [6, 6.07) is 0. The van der Waals surface area contributed by atoms with Crippen LogP contribution in [0.3, 0.4) is 0 Å². The maximum absolute atomic E-state index is 10.6. The molecule has 74 valence electrons. The molecule has 0 rings (SSSR count). The largest absolute Gasteiger partial charge is 0.464 e. The van der Waals surface area contributed by atoms with Crippen molar-refractivity contribution in [2.75, 3.05) is 27.2 Å². The second-order valence-electron chi connectivity index (χ2n) is 2.38. The van der Waals surface area contributed by atoms with Crippen molar-refractivity contribution in [1.29, 1.82) is 0 Å². The zero-order chi connectivity index (χ0) is 9.98. The molecule has 0 radical (unpaired) electrons. The van der Waals surface area contributed by atoms with E-state index in [0.29, 0.717) is 13.0 Å². The predicted octanol–water partition coefficient (Wildman–Crippen LogP) is 1.53. The summed E-state index contributed by atoms with van der Waals surface area (Å²) in [7, 11) is 3.89. The van der Waals surface area contributed by atoms with Gasteiger partial charge in [-0.05, 0) is 14.1 Å². The highest BCUT2D eigenvalue weighted by Gasteiger charge is 1.96. The van der Waals surface area contributed by atoms with Gasteiger partial charge in [0.05, 0.1) is 0 Å². The van der Waals surface area contributed by atoms with Crippen molar-refractivity contribution in [3.05, 3.63) is 0 Å². The summed E-state index contributed by atoms with van der Waals surface area (Å²) in [5.74, 6) is -0.123. The number of hydrogen-bond donors (Lipinski definition) is 0. The third kappa shape index (κ3) is 12.1. The van der Waals surface area contributed by atoms with Crippen LogP contribution in [0, 0.1) is 0 Å². The van der Waals surface area contributed by atoms with E-state index in [-0.39, 0.29) is 5.97 Å². The Morgan fingerprint density at radius 2 is 1.83 bits per heavy atom. The Morgan fingerprint density at radius 1 is 1.33 bits per heavy atom. The van der Waals surface area contributed by atoms with Gasteiger partial charge >= 0.3 is 5.97 Å². The van der Waals surface area contributed by atoms with E-state index in [1.54, 1.807) is 6.92 Å². The minimum Gasteiger partial charge on any atom is -0.464 e. The van der Waals surface area contributed by atoms with E-state index in [9.17, 15) is 4.79 Å². The van der Waals surface area contributed by atoms with Gasteiger partial charge in [-0.3, -0.25) is 4.79 Å². The summed E-state index contributed by atoms with van der Waals surface area (Å²) in [4.78, 5) is 12.5. The number of carbonyl (C=O) groups excluding carboxylic acids is 1. The number of rotatable bonds is 4. The molecule has 12 heavy (non-hydrogen) atoms. The fourth-order valence-corrected chi connectivity index (χ4v) is 0.444. The molecule has 0 N–H and O–H groups in total. The number of likely N-dealkylation sites (N-methyl/N-ethyl adjacent to an activating group) is 1. The molecule has 0 unspecified atom stereocenters. The van der Waals surface area contributed by atoms with Gasteiger partial charge in [-0.15, -0.1) is 0 Å². The van der Waals surface area contributed by atoms with Crippen LogP contribution >= 0.6 is 0 Å². The molecule has 0 aliphatic heterocycles. The standard InChI is InChI=1S/C7H15NO2.C2H6/c1-4-7(9)10-6-5-8(2)3;1-2/h4-6H2,1-3H3;1-2H3. The van der Waals surface area contributed by atoms with E-state index in [4.69, 9.17) is 4.74 Å². The topological polar surface area (TPSA) is 29.5 Å². The number of nitrogens with zero attached hydrogens (tertiary/aromatic N) is 1. The maximum Gasteiger partial charge on any atom is 0.305 e. The van der Waals surface area contributed by atoms with E-state index in [2.05, 4.69) is 0 Å². The van der Waals surface area contributed by atoms with E-state index >= 15 is 0 Å². The van der Waals surface area contributed by atoms with Gasteiger partial charge in [-0.1, -0.05) is 20.8 Å². The molecule has 0 heterocycles. The predicted molar refractivity (Wildman–Crippen MR) is 51.2 cm³/mol. The molecule has 0 atom stereocenters. The number of carbonyl (C=O) groups is 1. The van der Waals surface area contributed by atoms with Crippen molar-refractivity contribution < 1.29 is 9.53 Å². The lowest BCUT2D eigenvalue weighted by Crippen LogP contribution is -2.19. The molecule has 0 spiro atoms. The molecule has 0 aromatic heterocycles. The van der Waals surface area contributed by atoms with Crippen LogP contribution in [-0.2, 0) is 9.53 Å². The van der Waals surface area contributed by atoms with Crippen LogP contribution in [0.25, 0.3) is 0 Å². The molecule has 3 heteroatoms. The van der Waals surface area contributed by atoms with E-state index in [1.165, 1.54) is 0 Å². The molecule has 3 nitrogen and oxygen atoms in total. The first kappa shape index (κ1) is 14.0. The average Bonchev–Trinajstić information content (AvgIpc) is 2.07. The molecule has 0 saturated carbocycles. The quantitative estimate of drug-likeness (QED) is 0.607. The lowest BCUT2D eigenvalue weighted by atomic mass is 10.5. The SMILES string of the molecule is CC.CCC(=O)OCCN(C)C. The first-order chi connectivity index (χ1) is 5.66. The van der Waals surface area contributed by atoms with Gasteiger partial charge in [0.1, 0.15) is 6.61 Å². The van der Waals surface area contributed by atoms with Gasteiger partial charge in [0, 0.05) is 13.0 Å². The normalized spacial score (nSPS) is 8.83. The average molecular weight is 175 g/mol. The Kier molecular flexibility index (Phi) is 12.2. The molecule has 0 amide bonds. The summed E-state index contributed by atoms with van der Waals surface area (Å²) >= 11 is 0. The Morgan fingerprint density at radius 3 is 2.17 bits per heavy atom. The van der Waals surface area contributed by atoms with Gasteiger partial charge in [0.15, 0.2) is 0 Å². The zero-order valence-corrected chi connectivity index (χ0v) is 8.89. The van der Waals surface area contributed by atoms with Crippen LogP contribution in [0.5, 0.6) is 0 Å². The third-order valence-corrected chi connectivity index (χ3v) is 1.09. The molecule has 0 aliphatic carbocycles. The first-order valence-corrected chi connectivity index (χ1v) is 4.47. The fourth-order valence-electron chi connectivity index (χ4n) is 0.444. The van der Waals surface area contributed by atoms with Crippen LogP contribution in [0.1, 0.15) is 27.2 Å². The number of hydrogen-bond acceptors (Lipinski definition) is 3. The third-order valence-electron chi connectivity index (χ3n) is 1.09. The molecule has 0 aromatic rings. The minimum absolute atomic E-state index is 0.123. The summed E-state index contributed by atoms with van der Waals surface area (Å²) in [5, 5.41) is 0. The lowest BCUT2D eigenvalue weighted by molar-refractivity contribution is -0.143. The van der Waals surface area contributed by atoms with E-state index in [1.807, 2.05) is 32.8 Å². The van der Waals surface area contributed by atoms with Crippen LogP contribution in [0.15, 0.2) is 0 Å². The Bertz CT molecular complexity index is 103. The Balaban J connectivity index is 0. The highest BCUT2D eigenvalue weighted by molar-refractivity contribution is 5.68. The highest BCUT2D eigenvalue weighted by atomic mass is 16.5. The molecular formula is C9H21NO2. The summed E-state index contributed by atoms with van der Waals surface area (Å²) < 4.78 is 4.82. The van der Waals surface area contributed by atoms with E-state index in [0.717, 1.165) is 6.54 Å². The minimum atomic E-state index is -0.123. The Hall–Kier alpha value is -0.570. The van der Waals surface area contributed by atoms with Crippen LogP contribution in [-0.4, -0.2) is 38.1 Å². The second-order valence-corrected chi connectivity index (χ2v) is 2.38. The second kappa shape index (κ2) is 10.4. The summed E-state index contributed by atoms with van der Waals surface area (Å²) in [6.45, 7) is 7.09. The van der Waals surface area contributed by atoms with Crippen molar-refractivity contribution in [1.82, 2.24) is 4.90 Å². The number of ether oxygens (including phenoxy) is 1. The van der Waals surface area contributed by atoms with Crippen LogP contribution in [0.2, 0.25) is 0 Å².